The second-order valence-corrected chi connectivity index (χ2v) is 5.63. The number of halogens is 3. The zero-order valence-corrected chi connectivity index (χ0v) is 13.9. The topological polar surface area (TPSA) is 31.4 Å². The molecule has 0 fully saturated rings. The van der Waals surface area contributed by atoms with E-state index in [1.165, 1.54) is 0 Å². The van der Waals surface area contributed by atoms with Crippen LogP contribution < -0.4 is 9.47 Å². The van der Waals surface area contributed by atoms with E-state index in [1.54, 1.807) is 19.4 Å². The summed E-state index contributed by atoms with van der Waals surface area (Å²) in [5, 5.41) is 0. The molecule has 0 atom stereocenters. The van der Waals surface area contributed by atoms with Gasteiger partial charge in [-0.15, -0.1) is 11.6 Å². The maximum atomic E-state index is 5.78. The van der Waals surface area contributed by atoms with E-state index in [0.29, 0.717) is 17.5 Å². The molecule has 0 aliphatic heterocycles. The minimum atomic E-state index is 0.423. The summed E-state index contributed by atoms with van der Waals surface area (Å²) in [4.78, 5) is 4.15. The molecule has 0 bridgehead atoms. The number of aromatic nitrogens is 1. The fourth-order valence-corrected chi connectivity index (χ4v) is 2.50. The van der Waals surface area contributed by atoms with Crippen LogP contribution >= 0.6 is 43.5 Å². The molecule has 1 heterocycles. The zero-order valence-electron chi connectivity index (χ0n) is 9.99. The first-order chi connectivity index (χ1) is 9.13. The highest BCUT2D eigenvalue weighted by Gasteiger charge is 2.10. The van der Waals surface area contributed by atoms with Gasteiger partial charge in [-0.05, 0) is 55.6 Å². The molecule has 0 aliphatic carbocycles. The number of ether oxygens (including phenoxy) is 2. The SMILES string of the molecule is COc1cc(Br)c(Oc2cc(CCl)ccn2)cc1Br. The number of pyridine rings is 1. The van der Waals surface area contributed by atoms with Gasteiger partial charge in [0.25, 0.3) is 0 Å². The Labute approximate surface area is 133 Å². The van der Waals surface area contributed by atoms with Crippen molar-refractivity contribution in [2.24, 2.45) is 0 Å². The first-order valence-corrected chi connectivity index (χ1v) is 7.48. The number of hydrogen-bond donors (Lipinski definition) is 0. The lowest BCUT2D eigenvalue weighted by Crippen LogP contribution is -1.92. The minimum absolute atomic E-state index is 0.423. The zero-order chi connectivity index (χ0) is 13.8. The van der Waals surface area contributed by atoms with Crippen LogP contribution in [0.25, 0.3) is 0 Å². The molecular weight excluding hydrogens is 397 g/mol. The molecule has 2 rings (SSSR count). The van der Waals surface area contributed by atoms with Crippen LogP contribution in [0.5, 0.6) is 17.4 Å². The van der Waals surface area contributed by atoms with Crippen molar-refractivity contribution in [3.05, 3.63) is 45.0 Å². The first kappa shape index (κ1) is 14.6. The largest absolute Gasteiger partial charge is 0.496 e. The minimum Gasteiger partial charge on any atom is -0.496 e. The summed E-state index contributed by atoms with van der Waals surface area (Å²) in [5.41, 5.74) is 0.954. The van der Waals surface area contributed by atoms with Crippen molar-refractivity contribution in [2.45, 2.75) is 5.88 Å². The Morgan fingerprint density at radius 1 is 1.16 bits per heavy atom. The van der Waals surface area contributed by atoms with Crippen LogP contribution in [-0.4, -0.2) is 12.1 Å². The molecule has 6 heteroatoms. The number of rotatable bonds is 4. The van der Waals surface area contributed by atoms with E-state index in [2.05, 4.69) is 36.8 Å². The van der Waals surface area contributed by atoms with Crippen molar-refractivity contribution in [1.82, 2.24) is 4.98 Å². The van der Waals surface area contributed by atoms with Crippen molar-refractivity contribution < 1.29 is 9.47 Å². The fraction of sp³-hybridized carbons (Fsp3) is 0.154. The number of methoxy groups -OCH3 is 1. The van der Waals surface area contributed by atoms with E-state index >= 15 is 0 Å². The number of benzene rings is 1. The average Bonchev–Trinajstić information content (AvgIpc) is 2.42. The van der Waals surface area contributed by atoms with Crippen LogP contribution in [-0.2, 0) is 5.88 Å². The Bertz CT molecular complexity index is 593. The molecule has 0 saturated heterocycles. The molecule has 0 radical (unpaired) electrons. The third-order valence-electron chi connectivity index (χ3n) is 2.37. The van der Waals surface area contributed by atoms with Crippen LogP contribution in [0.15, 0.2) is 39.4 Å². The smallest absolute Gasteiger partial charge is 0.219 e. The molecule has 100 valence electrons. The van der Waals surface area contributed by atoms with Gasteiger partial charge in [-0.2, -0.15) is 0 Å². The summed E-state index contributed by atoms with van der Waals surface area (Å²) in [7, 11) is 1.61. The van der Waals surface area contributed by atoms with Gasteiger partial charge in [-0.1, -0.05) is 0 Å². The lowest BCUT2D eigenvalue weighted by Gasteiger charge is -2.10. The van der Waals surface area contributed by atoms with Gasteiger partial charge in [0.1, 0.15) is 11.5 Å². The maximum Gasteiger partial charge on any atom is 0.219 e. The maximum absolute atomic E-state index is 5.78. The molecule has 1 aromatic heterocycles. The highest BCUT2D eigenvalue weighted by atomic mass is 79.9. The lowest BCUT2D eigenvalue weighted by molar-refractivity contribution is 0.408. The molecule has 3 nitrogen and oxygen atoms in total. The van der Waals surface area contributed by atoms with Gasteiger partial charge in [-0.25, -0.2) is 4.98 Å². The lowest BCUT2D eigenvalue weighted by atomic mass is 10.3. The van der Waals surface area contributed by atoms with E-state index < -0.39 is 0 Å². The molecule has 0 aliphatic rings. The number of nitrogens with zero attached hydrogens (tertiary/aromatic N) is 1. The number of hydrogen-bond acceptors (Lipinski definition) is 3. The molecule has 0 N–H and O–H groups in total. The third kappa shape index (κ3) is 3.61. The summed E-state index contributed by atoms with van der Waals surface area (Å²) < 4.78 is 12.5. The van der Waals surface area contributed by atoms with Crippen LogP contribution in [0, 0.1) is 0 Å². The standard InChI is InChI=1S/C13H10Br2ClNO2/c1-18-11-5-10(15)12(6-9(11)14)19-13-4-8(7-16)2-3-17-13/h2-6H,7H2,1H3. The Kier molecular flexibility index (Phi) is 5.07. The van der Waals surface area contributed by atoms with Gasteiger partial charge >= 0.3 is 0 Å². The molecular formula is C13H10Br2ClNO2. The average molecular weight is 407 g/mol. The van der Waals surface area contributed by atoms with Gasteiger partial charge < -0.3 is 9.47 Å². The van der Waals surface area contributed by atoms with Gasteiger partial charge in [0.05, 0.1) is 16.1 Å². The summed E-state index contributed by atoms with van der Waals surface area (Å²) in [6.45, 7) is 0. The molecule has 19 heavy (non-hydrogen) atoms. The second kappa shape index (κ2) is 6.59. The quantitative estimate of drug-likeness (QED) is 0.657. The Hall–Kier alpha value is -0.780. The highest BCUT2D eigenvalue weighted by molar-refractivity contribution is 9.11. The normalized spacial score (nSPS) is 10.3. The van der Waals surface area contributed by atoms with E-state index in [0.717, 1.165) is 20.3 Å². The Morgan fingerprint density at radius 3 is 2.53 bits per heavy atom. The molecule has 2 aromatic rings. The number of alkyl halides is 1. The summed E-state index contributed by atoms with van der Waals surface area (Å²) >= 11 is 12.6. The van der Waals surface area contributed by atoms with Crippen LogP contribution in [0.4, 0.5) is 0 Å². The monoisotopic (exact) mass is 405 g/mol. The first-order valence-electron chi connectivity index (χ1n) is 5.36. The summed E-state index contributed by atoms with van der Waals surface area (Å²) in [6.07, 6.45) is 1.67. The van der Waals surface area contributed by atoms with Gasteiger partial charge in [-0.3, -0.25) is 0 Å². The van der Waals surface area contributed by atoms with Crippen molar-refractivity contribution in [2.75, 3.05) is 7.11 Å². The Morgan fingerprint density at radius 2 is 1.84 bits per heavy atom. The molecule has 0 amide bonds. The van der Waals surface area contributed by atoms with E-state index in [4.69, 9.17) is 21.1 Å². The van der Waals surface area contributed by atoms with Crippen molar-refractivity contribution in [3.8, 4) is 17.4 Å². The third-order valence-corrected chi connectivity index (χ3v) is 3.92. The van der Waals surface area contributed by atoms with Crippen molar-refractivity contribution in [1.29, 1.82) is 0 Å². The summed E-state index contributed by atoms with van der Waals surface area (Å²) in [6, 6.07) is 7.29. The molecule has 1 aromatic carbocycles. The van der Waals surface area contributed by atoms with Crippen LogP contribution in [0.2, 0.25) is 0 Å². The fourth-order valence-electron chi connectivity index (χ4n) is 1.45. The van der Waals surface area contributed by atoms with Gasteiger partial charge in [0.15, 0.2) is 0 Å². The van der Waals surface area contributed by atoms with Crippen LogP contribution in [0.1, 0.15) is 5.56 Å². The molecule has 0 unspecified atom stereocenters. The van der Waals surface area contributed by atoms with E-state index in [9.17, 15) is 0 Å². The second-order valence-electron chi connectivity index (χ2n) is 3.66. The summed E-state index contributed by atoms with van der Waals surface area (Å²) in [5.74, 6) is 2.29. The van der Waals surface area contributed by atoms with E-state index in [1.807, 2.05) is 18.2 Å². The van der Waals surface area contributed by atoms with Gasteiger partial charge in [0.2, 0.25) is 5.88 Å². The van der Waals surface area contributed by atoms with Crippen molar-refractivity contribution in [3.63, 3.8) is 0 Å². The predicted octanol–water partition coefficient (Wildman–Crippen LogP) is 5.15. The molecule has 0 saturated carbocycles. The van der Waals surface area contributed by atoms with Crippen molar-refractivity contribution >= 4 is 43.5 Å². The molecule has 0 spiro atoms. The van der Waals surface area contributed by atoms with Crippen LogP contribution in [0.3, 0.4) is 0 Å². The Balaban J connectivity index is 2.30. The predicted molar refractivity (Wildman–Crippen MR) is 82.3 cm³/mol. The highest BCUT2D eigenvalue weighted by Crippen LogP contribution is 2.37. The van der Waals surface area contributed by atoms with Gasteiger partial charge in [0, 0.05) is 18.1 Å². The van der Waals surface area contributed by atoms with E-state index in [-0.39, 0.29) is 0 Å².